The number of hydrogen-bond donors (Lipinski definition) is 2. The number of carbonyl (C=O) groups is 3. The summed E-state index contributed by atoms with van der Waals surface area (Å²) in [5, 5.41) is 34.0. The van der Waals surface area contributed by atoms with Gasteiger partial charge < -0.3 is 43.5 Å². The zero-order valence-corrected chi connectivity index (χ0v) is 37.2. The molecule has 1 unspecified atom stereocenters. The van der Waals surface area contributed by atoms with Crippen LogP contribution in [0.5, 0.6) is 40.2 Å². The standard InChI is InChI=1S/C46H52N4O11S/c1-21-12-25-13-27-28(17-47)49-29-18-58-44(55)46(26-15-31(56-8)30(52)14-24(26)10-11-48(46)7)19-62-43(35-34(29)42-41(59-20-60-42)22(2)40(35)61-23(3)51)37(49)36(33(25)38(54)39(21)57-9)50(27)32(53)16-45(4,5)6/h12,14-15,27-29,36-37,43,52,54H,10-11,13,16,18-20H2,1-9H3/t27-,28+,29-,36+,37?,43-,46-/m1/s1. The average Bonchev–Trinajstić information content (AvgIpc) is 3.70. The van der Waals surface area contributed by atoms with Gasteiger partial charge in [-0.25, -0.2) is 4.79 Å². The molecule has 15 nitrogen and oxygen atoms in total. The van der Waals surface area contributed by atoms with Crippen LogP contribution in [0.25, 0.3) is 0 Å². The van der Waals surface area contributed by atoms with Crippen LogP contribution in [0.3, 0.4) is 0 Å². The molecule has 3 aromatic rings. The van der Waals surface area contributed by atoms with Crippen molar-refractivity contribution < 1.29 is 53.0 Å². The smallest absolute Gasteiger partial charge is 0.332 e. The lowest BCUT2D eigenvalue weighted by Gasteiger charge is -2.62. The maximum atomic E-state index is 15.2. The first-order chi connectivity index (χ1) is 29.5. The minimum atomic E-state index is -1.41. The van der Waals surface area contributed by atoms with Crippen LogP contribution in [-0.4, -0.2) is 108 Å². The average molecular weight is 869 g/mol. The second kappa shape index (κ2) is 14.9. The van der Waals surface area contributed by atoms with Gasteiger partial charge in [0.2, 0.25) is 12.7 Å². The van der Waals surface area contributed by atoms with Crippen LogP contribution in [0, 0.1) is 30.6 Å². The van der Waals surface area contributed by atoms with Gasteiger partial charge in [-0.2, -0.15) is 5.26 Å². The summed E-state index contributed by atoms with van der Waals surface area (Å²) in [6.07, 6.45) is 0.973. The van der Waals surface area contributed by atoms with E-state index in [1.165, 1.54) is 32.9 Å². The molecule has 7 heterocycles. The molecular weight excluding hydrogens is 817 g/mol. The van der Waals surface area contributed by atoms with Crippen molar-refractivity contribution in [3.63, 3.8) is 0 Å². The fourth-order valence-electron chi connectivity index (χ4n) is 11.1. The predicted molar refractivity (Wildman–Crippen MR) is 226 cm³/mol. The van der Waals surface area contributed by atoms with E-state index >= 15 is 9.59 Å². The van der Waals surface area contributed by atoms with Gasteiger partial charge in [0.1, 0.15) is 18.4 Å². The quantitative estimate of drug-likeness (QED) is 0.242. The highest BCUT2D eigenvalue weighted by molar-refractivity contribution is 7.99. The molecule has 7 aliphatic rings. The number of piperazine rings is 1. The molecule has 0 radical (unpaired) electrons. The molecule has 1 spiro atoms. The largest absolute Gasteiger partial charge is 0.504 e. The van der Waals surface area contributed by atoms with Gasteiger partial charge in [0.25, 0.3) is 0 Å². The van der Waals surface area contributed by atoms with E-state index in [9.17, 15) is 20.3 Å². The zero-order chi connectivity index (χ0) is 44.3. The molecule has 2 fully saturated rings. The number of thioether (sulfide) groups is 1. The Balaban J connectivity index is 1.37. The highest BCUT2D eigenvalue weighted by Crippen LogP contribution is 2.65. The minimum absolute atomic E-state index is 0.0474. The van der Waals surface area contributed by atoms with E-state index in [0.717, 1.165) is 11.1 Å². The van der Waals surface area contributed by atoms with Gasteiger partial charge in [-0.05, 0) is 73.5 Å². The number of carbonyl (C=O) groups excluding carboxylic acids is 3. The van der Waals surface area contributed by atoms with E-state index in [4.69, 9.17) is 28.4 Å². The number of aryl methyl sites for hydroxylation is 1. The number of methoxy groups -OCH3 is 2. The number of likely N-dealkylation sites (N-methyl/N-ethyl adjacent to an activating group) is 1. The fraction of sp³-hybridized carbons (Fsp3) is 0.522. The summed E-state index contributed by atoms with van der Waals surface area (Å²) >= 11 is 1.42. The van der Waals surface area contributed by atoms with Crippen LogP contribution >= 0.6 is 11.8 Å². The third-order valence-electron chi connectivity index (χ3n) is 13.6. The van der Waals surface area contributed by atoms with E-state index in [1.807, 2.05) is 50.6 Å². The van der Waals surface area contributed by atoms with Crippen molar-refractivity contribution in [2.45, 2.75) is 102 Å². The molecule has 0 aliphatic carbocycles. The molecular formula is C46H52N4O11S. The molecule has 0 aromatic heterocycles. The van der Waals surface area contributed by atoms with E-state index in [1.54, 1.807) is 19.1 Å². The second-order valence-corrected chi connectivity index (χ2v) is 19.5. The number of fused-ring (bicyclic) bond motifs is 9. The van der Waals surface area contributed by atoms with Crippen molar-refractivity contribution >= 4 is 29.6 Å². The number of amides is 1. The van der Waals surface area contributed by atoms with E-state index in [-0.39, 0.29) is 66.6 Å². The van der Waals surface area contributed by atoms with Gasteiger partial charge in [0.15, 0.2) is 40.0 Å². The molecule has 1 amide bonds. The summed E-state index contributed by atoms with van der Waals surface area (Å²) in [6.45, 7) is 11.1. The monoisotopic (exact) mass is 868 g/mol. The highest BCUT2D eigenvalue weighted by Gasteiger charge is 2.64. The number of phenolic OH excluding ortho intramolecular Hbond substituents is 2. The molecule has 4 bridgehead atoms. The Labute approximate surface area is 364 Å². The molecule has 0 saturated carbocycles. The third-order valence-corrected chi connectivity index (χ3v) is 15.1. The minimum Gasteiger partial charge on any atom is -0.504 e. The van der Waals surface area contributed by atoms with E-state index in [0.29, 0.717) is 57.8 Å². The van der Waals surface area contributed by atoms with Crippen molar-refractivity contribution in [1.29, 1.82) is 5.26 Å². The molecule has 2 saturated heterocycles. The normalized spacial score (nSPS) is 27.3. The van der Waals surface area contributed by atoms with Crippen LogP contribution in [0.2, 0.25) is 0 Å². The summed E-state index contributed by atoms with van der Waals surface area (Å²) in [6, 6.07) is 3.79. The Kier molecular flexibility index (Phi) is 10.1. The highest BCUT2D eigenvalue weighted by atomic mass is 32.2. The Bertz CT molecular complexity index is 2480. The first-order valence-corrected chi connectivity index (χ1v) is 21.9. The first kappa shape index (κ1) is 42.0. The van der Waals surface area contributed by atoms with Crippen LogP contribution in [0.1, 0.15) is 96.0 Å². The van der Waals surface area contributed by atoms with Gasteiger partial charge in [-0.1, -0.05) is 26.8 Å². The number of benzene rings is 3. The Morgan fingerprint density at radius 2 is 1.76 bits per heavy atom. The molecule has 328 valence electrons. The fourth-order valence-corrected chi connectivity index (χ4v) is 12.9. The molecule has 7 atom stereocenters. The van der Waals surface area contributed by atoms with Crippen molar-refractivity contribution in [2.75, 3.05) is 47.0 Å². The Hall–Kier alpha value is -5.37. The van der Waals surface area contributed by atoms with Gasteiger partial charge >= 0.3 is 11.9 Å². The molecule has 7 aliphatic heterocycles. The third kappa shape index (κ3) is 6.01. The summed E-state index contributed by atoms with van der Waals surface area (Å²) < 4.78 is 36.5. The van der Waals surface area contributed by atoms with Crippen LogP contribution in [-0.2, 0) is 37.5 Å². The molecule has 3 aromatic carbocycles. The van der Waals surface area contributed by atoms with Crippen LogP contribution in [0.4, 0.5) is 0 Å². The molecule has 62 heavy (non-hydrogen) atoms. The maximum absolute atomic E-state index is 15.2. The van der Waals surface area contributed by atoms with E-state index < -0.39 is 58.4 Å². The SMILES string of the molecule is COc1cc2c(cc1O)CCN(C)[C@]21CS[C@@H]2c3c(OC(C)=O)c(C)c4c(c3[C@@H](COC1=O)N1C2[C@@H]2c3c(cc(C)c(OC)c3O)C[C@H]([C@@H]1C#N)N2C(=O)CC(C)(C)C)OCO4. The lowest BCUT2D eigenvalue weighted by atomic mass is 9.70. The number of esters is 2. The number of phenols is 2. The van der Waals surface area contributed by atoms with Crippen molar-refractivity contribution in [2.24, 2.45) is 5.41 Å². The van der Waals surface area contributed by atoms with Crippen LogP contribution < -0.4 is 23.7 Å². The predicted octanol–water partition coefficient (Wildman–Crippen LogP) is 5.66. The first-order valence-electron chi connectivity index (χ1n) is 20.9. The Morgan fingerprint density at radius 3 is 2.44 bits per heavy atom. The van der Waals surface area contributed by atoms with Crippen LogP contribution in [0.15, 0.2) is 18.2 Å². The maximum Gasteiger partial charge on any atom is 0.332 e. The molecule has 16 heteroatoms. The van der Waals surface area contributed by atoms with Crippen molar-refractivity contribution in [3.8, 4) is 46.3 Å². The van der Waals surface area contributed by atoms with Gasteiger partial charge in [0.05, 0.1) is 49.7 Å². The lowest BCUT2D eigenvalue weighted by molar-refractivity contribution is -0.166. The summed E-state index contributed by atoms with van der Waals surface area (Å²) in [5.41, 5.74) is 3.27. The zero-order valence-electron chi connectivity index (χ0n) is 36.4. The van der Waals surface area contributed by atoms with Gasteiger partial charge in [0, 0.05) is 47.9 Å². The van der Waals surface area contributed by atoms with Crippen molar-refractivity contribution in [1.82, 2.24) is 14.7 Å². The van der Waals surface area contributed by atoms with Crippen molar-refractivity contribution in [3.05, 3.63) is 62.7 Å². The second-order valence-electron chi connectivity index (χ2n) is 18.4. The topological polar surface area (TPSA) is 181 Å². The molecule has 2 N–H and O–H groups in total. The Morgan fingerprint density at radius 1 is 1.02 bits per heavy atom. The number of aromatic hydroxyl groups is 2. The number of hydrogen-bond acceptors (Lipinski definition) is 15. The van der Waals surface area contributed by atoms with E-state index in [2.05, 4.69) is 11.0 Å². The number of rotatable bonds is 4. The number of ether oxygens (including phenoxy) is 6. The molecule has 10 rings (SSSR count). The van der Waals surface area contributed by atoms with Gasteiger partial charge in [-0.3, -0.25) is 19.4 Å². The summed E-state index contributed by atoms with van der Waals surface area (Å²) in [4.78, 5) is 49.2. The number of nitrogens with zero attached hydrogens (tertiary/aromatic N) is 4. The summed E-state index contributed by atoms with van der Waals surface area (Å²) in [5.74, 6) is 0.204. The number of nitriles is 1. The summed E-state index contributed by atoms with van der Waals surface area (Å²) in [7, 11) is 4.82. The van der Waals surface area contributed by atoms with Gasteiger partial charge in [-0.15, -0.1) is 11.8 Å². The lowest BCUT2D eigenvalue weighted by Crippen LogP contribution is -2.71.